The van der Waals surface area contributed by atoms with Crippen molar-refractivity contribution in [1.82, 2.24) is 9.80 Å². The Balaban J connectivity index is 1.68. The Morgan fingerprint density at radius 2 is 1.95 bits per heavy atom. The number of thioether (sulfide) groups is 1. The van der Waals surface area contributed by atoms with Gasteiger partial charge in [-0.3, -0.25) is 9.80 Å². The van der Waals surface area contributed by atoms with E-state index in [0.29, 0.717) is 17.8 Å². The standard InChI is InChI=1S/C16H22F2N2S/c17-16(18)21-15-7-2-1-5-13(15)11-19-8-4-10-20-9-3-6-14(20)12-19/h1-2,5,7,14,16H,3-4,6,8-12H2. The van der Waals surface area contributed by atoms with Crippen molar-refractivity contribution in [1.29, 1.82) is 0 Å². The lowest BCUT2D eigenvalue weighted by Gasteiger charge is -2.26. The molecule has 0 aliphatic carbocycles. The number of rotatable bonds is 4. The average molecular weight is 312 g/mol. The molecule has 2 heterocycles. The summed E-state index contributed by atoms with van der Waals surface area (Å²) in [6.45, 7) is 5.36. The highest BCUT2D eigenvalue weighted by Crippen LogP contribution is 2.30. The second-order valence-electron chi connectivity index (χ2n) is 5.91. The maximum absolute atomic E-state index is 12.7. The molecule has 0 amide bonds. The van der Waals surface area contributed by atoms with E-state index in [4.69, 9.17) is 0 Å². The lowest BCUT2D eigenvalue weighted by Crippen LogP contribution is -2.36. The predicted molar refractivity (Wildman–Crippen MR) is 82.8 cm³/mol. The van der Waals surface area contributed by atoms with Crippen molar-refractivity contribution < 1.29 is 8.78 Å². The number of alkyl halides is 2. The molecule has 1 aromatic rings. The summed E-state index contributed by atoms with van der Waals surface area (Å²) >= 11 is 0.668. The van der Waals surface area contributed by atoms with E-state index >= 15 is 0 Å². The number of benzene rings is 1. The van der Waals surface area contributed by atoms with Gasteiger partial charge in [-0.05, 0) is 50.5 Å². The Kier molecular flexibility index (Phi) is 5.14. The topological polar surface area (TPSA) is 6.48 Å². The van der Waals surface area contributed by atoms with Crippen LogP contribution < -0.4 is 0 Å². The number of fused-ring (bicyclic) bond motifs is 1. The van der Waals surface area contributed by atoms with Crippen LogP contribution in [0.4, 0.5) is 8.78 Å². The fourth-order valence-corrected chi connectivity index (χ4v) is 4.15. The van der Waals surface area contributed by atoms with E-state index < -0.39 is 5.76 Å². The Morgan fingerprint density at radius 1 is 1.14 bits per heavy atom. The van der Waals surface area contributed by atoms with Gasteiger partial charge in [-0.15, -0.1) is 0 Å². The number of hydrogen-bond acceptors (Lipinski definition) is 3. The van der Waals surface area contributed by atoms with Crippen LogP contribution in [0, 0.1) is 0 Å². The summed E-state index contributed by atoms with van der Waals surface area (Å²) in [6, 6.07) is 8.26. The van der Waals surface area contributed by atoms with Crippen molar-refractivity contribution in [3.63, 3.8) is 0 Å². The normalized spacial score (nSPS) is 24.2. The fourth-order valence-electron chi connectivity index (χ4n) is 3.51. The van der Waals surface area contributed by atoms with E-state index in [2.05, 4.69) is 9.80 Å². The lowest BCUT2D eigenvalue weighted by atomic mass is 10.1. The molecular weight excluding hydrogens is 290 g/mol. The zero-order valence-electron chi connectivity index (χ0n) is 12.2. The van der Waals surface area contributed by atoms with E-state index in [-0.39, 0.29) is 0 Å². The average Bonchev–Trinajstić information content (AvgIpc) is 2.79. The van der Waals surface area contributed by atoms with Crippen LogP contribution in [0.25, 0.3) is 0 Å². The van der Waals surface area contributed by atoms with E-state index in [1.807, 2.05) is 24.3 Å². The minimum Gasteiger partial charge on any atom is -0.299 e. The maximum atomic E-state index is 12.7. The van der Waals surface area contributed by atoms with Crippen LogP contribution in [-0.4, -0.2) is 47.8 Å². The van der Waals surface area contributed by atoms with Crippen molar-refractivity contribution >= 4 is 11.8 Å². The van der Waals surface area contributed by atoms with Crippen molar-refractivity contribution in [2.75, 3.05) is 26.2 Å². The van der Waals surface area contributed by atoms with Crippen LogP contribution in [0.1, 0.15) is 24.8 Å². The molecule has 3 rings (SSSR count). The van der Waals surface area contributed by atoms with Crippen molar-refractivity contribution in [3.05, 3.63) is 29.8 Å². The minimum absolute atomic E-state index is 0.668. The van der Waals surface area contributed by atoms with Crippen LogP contribution in [0.3, 0.4) is 0 Å². The van der Waals surface area contributed by atoms with Gasteiger partial charge in [0.25, 0.3) is 5.76 Å². The highest BCUT2D eigenvalue weighted by atomic mass is 32.2. The Morgan fingerprint density at radius 3 is 2.81 bits per heavy atom. The summed E-state index contributed by atoms with van der Waals surface area (Å²) in [7, 11) is 0. The van der Waals surface area contributed by atoms with Gasteiger partial charge in [-0.2, -0.15) is 8.78 Å². The molecule has 0 N–H and O–H groups in total. The molecule has 0 aromatic heterocycles. The molecule has 0 bridgehead atoms. The number of nitrogens with zero attached hydrogens (tertiary/aromatic N) is 2. The molecule has 0 saturated carbocycles. The molecule has 2 aliphatic heterocycles. The molecule has 1 atom stereocenters. The first-order valence-corrected chi connectivity index (χ1v) is 8.59. The maximum Gasteiger partial charge on any atom is 0.288 e. The largest absolute Gasteiger partial charge is 0.299 e. The summed E-state index contributed by atoms with van der Waals surface area (Å²) in [5, 5.41) is 0. The van der Waals surface area contributed by atoms with Crippen molar-refractivity contribution in [3.8, 4) is 0 Å². The van der Waals surface area contributed by atoms with Crippen molar-refractivity contribution in [2.45, 2.75) is 42.5 Å². The van der Waals surface area contributed by atoms with Gasteiger partial charge in [0.2, 0.25) is 0 Å². The fraction of sp³-hybridized carbons (Fsp3) is 0.625. The van der Waals surface area contributed by atoms with Gasteiger partial charge in [0, 0.05) is 24.0 Å². The molecule has 2 saturated heterocycles. The zero-order chi connectivity index (χ0) is 14.7. The summed E-state index contributed by atoms with van der Waals surface area (Å²) in [6.07, 6.45) is 3.76. The number of hydrogen-bond donors (Lipinski definition) is 0. The molecule has 1 unspecified atom stereocenters. The van der Waals surface area contributed by atoms with Crippen LogP contribution in [-0.2, 0) is 6.54 Å². The Hall–Kier alpha value is -0.650. The van der Waals surface area contributed by atoms with Gasteiger partial charge in [0.05, 0.1) is 0 Å². The third-order valence-corrected chi connectivity index (χ3v) is 5.30. The van der Waals surface area contributed by atoms with Crippen LogP contribution in [0.5, 0.6) is 0 Å². The van der Waals surface area contributed by atoms with Gasteiger partial charge >= 0.3 is 0 Å². The van der Waals surface area contributed by atoms with Gasteiger partial charge in [0.15, 0.2) is 0 Å². The van der Waals surface area contributed by atoms with Gasteiger partial charge in [-0.1, -0.05) is 30.0 Å². The molecule has 0 spiro atoms. The Labute approximate surface area is 129 Å². The first-order valence-electron chi connectivity index (χ1n) is 7.71. The first-order chi connectivity index (χ1) is 10.2. The van der Waals surface area contributed by atoms with Crippen LogP contribution in [0.15, 0.2) is 29.2 Å². The lowest BCUT2D eigenvalue weighted by molar-refractivity contribution is 0.214. The minimum atomic E-state index is -2.35. The highest BCUT2D eigenvalue weighted by Gasteiger charge is 2.28. The smallest absolute Gasteiger partial charge is 0.288 e. The van der Waals surface area contributed by atoms with E-state index in [1.165, 1.54) is 32.4 Å². The monoisotopic (exact) mass is 312 g/mol. The summed E-state index contributed by atoms with van der Waals surface area (Å²) in [5.41, 5.74) is 1.04. The SMILES string of the molecule is FC(F)Sc1ccccc1CN1CCCN2CCCC2C1. The van der Waals surface area contributed by atoms with Gasteiger partial charge in [0.1, 0.15) is 0 Å². The second-order valence-corrected chi connectivity index (χ2v) is 6.94. The highest BCUT2D eigenvalue weighted by molar-refractivity contribution is 7.99. The summed E-state index contributed by atoms with van der Waals surface area (Å²) in [4.78, 5) is 5.76. The second kappa shape index (κ2) is 7.07. The quantitative estimate of drug-likeness (QED) is 0.783. The third-order valence-electron chi connectivity index (χ3n) is 4.47. The molecule has 21 heavy (non-hydrogen) atoms. The third kappa shape index (κ3) is 3.96. The van der Waals surface area contributed by atoms with Gasteiger partial charge in [-0.25, -0.2) is 0 Å². The summed E-state index contributed by atoms with van der Waals surface area (Å²) in [5.74, 6) is -2.35. The molecular formula is C16H22F2N2S. The van der Waals surface area contributed by atoms with Gasteiger partial charge < -0.3 is 0 Å². The predicted octanol–water partition coefficient (Wildman–Crippen LogP) is 3.67. The first kappa shape index (κ1) is 15.3. The van der Waals surface area contributed by atoms with E-state index in [0.717, 1.165) is 30.1 Å². The van der Waals surface area contributed by atoms with E-state index in [1.54, 1.807) is 0 Å². The van der Waals surface area contributed by atoms with Crippen LogP contribution in [0.2, 0.25) is 0 Å². The molecule has 5 heteroatoms. The molecule has 2 fully saturated rings. The zero-order valence-corrected chi connectivity index (χ0v) is 13.0. The van der Waals surface area contributed by atoms with Crippen molar-refractivity contribution in [2.24, 2.45) is 0 Å². The molecule has 0 radical (unpaired) electrons. The molecule has 116 valence electrons. The Bertz CT molecular complexity index is 469. The molecule has 2 nitrogen and oxygen atoms in total. The van der Waals surface area contributed by atoms with Crippen LogP contribution >= 0.6 is 11.8 Å². The molecule has 1 aromatic carbocycles. The molecule has 2 aliphatic rings. The number of halogens is 2. The summed E-state index contributed by atoms with van der Waals surface area (Å²) < 4.78 is 25.3. The van der Waals surface area contributed by atoms with E-state index in [9.17, 15) is 8.78 Å².